The van der Waals surface area contributed by atoms with E-state index < -0.39 is 10.0 Å². The number of fused-ring (bicyclic) bond motifs is 1. The molecule has 2 rings (SSSR count). The van der Waals surface area contributed by atoms with Gasteiger partial charge in [0.25, 0.3) is 0 Å². The van der Waals surface area contributed by atoms with Gasteiger partial charge in [0, 0.05) is 12.6 Å². The van der Waals surface area contributed by atoms with Crippen LogP contribution in [0.25, 0.3) is 0 Å². The lowest BCUT2D eigenvalue weighted by molar-refractivity contribution is 0.171. The summed E-state index contributed by atoms with van der Waals surface area (Å²) in [5.41, 5.74) is 5.52. The van der Waals surface area contributed by atoms with E-state index in [0.717, 1.165) is 12.8 Å². The minimum atomic E-state index is -3.54. The average molecular weight is 314 g/mol. The first-order chi connectivity index (χ1) is 10.1. The quantitative estimate of drug-likeness (QED) is 0.787. The van der Waals surface area contributed by atoms with Crippen molar-refractivity contribution in [2.75, 3.05) is 26.3 Å². The van der Waals surface area contributed by atoms with Crippen LogP contribution in [0.1, 0.15) is 19.8 Å². The van der Waals surface area contributed by atoms with E-state index in [1.165, 1.54) is 12.1 Å². The highest BCUT2D eigenvalue weighted by atomic mass is 32.2. The van der Waals surface area contributed by atoms with Crippen molar-refractivity contribution in [2.45, 2.75) is 24.7 Å². The lowest BCUT2D eigenvalue weighted by atomic mass is 10.0. The van der Waals surface area contributed by atoms with Gasteiger partial charge >= 0.3 is 0 Å². The Kier molecular flexibility index (Phi) is 5.44. The molecule has 6 nitrogen and oxygen atoms in total. The minimum absolute atomic E-state index is 0.189. The van der Waals surface area contributed by atoms with E-state index in [9.17, 15) is 8.42 Å². The first-order valence-electron chi connectivity index (χ1n) is 7.16. The standard InChI is InChI=1S/C14H22N2O4S/c1-2-11(5-6-15)10-16-21(17,18)12-3-4-13-14(9-12)20-8-7-19-13/h3-4,9,11,16H,2,5-8,10,15H2,1H3. The van der Waals surface area contributed by atoms with Crippen molar-refractivity contribution in [1.82, 2.24) is 4.72 Å². The molecule has 1 aromatic carbocycles. The zero-order chi connectivity index (χ0) is 15.3. The topological polar surface area (TPSA) is 90.7 Å². The minimum Gasteiger partial charge on any atom is -0.486 e. The Balaban J connectivity index is 2.08. The zero-order valence-corrected chi connectivity index (χ0v) is 13.0. The summed E-state index contributed by atoms with van der Waals surface area (Å²) in [5, 5.41) is 0. The molecule has 0 aromatic heterocycles. The largest absolute Gasteiger partial charge is 0.486 e. The predicted octanol–water partition coefficient (Wildman–Crippen LogP) is 1.11. The van der Waals surface area contributed by atoms with Gasteiger partial charge in [0.15, 0.2) is 11.5 Å². The Bertz CT molecular complexity index is 574. The van der Waals surface area contributed by atoms with Crippen LogP contribution in [-0.4, -0.2) is 34.7 Å². The second-order valence-electron chi connectivity index (χ2n) is 5.01. The van der Waals surface area contributed by atoms with E-state index in [1.807, 2.05) is 6.92 Å². The summed E-state index contributed by atoms with van der Waals surface area (Å²) in [7, 11) is -3.54. The maximum absolute atomic E-state index is 12.3. The summed E-state index contributed by atoms with van der Waals surface area (Å²) >= 11 is 0. The molecule has 0 amide bonds. The van der Waals surface area contributed by atoms with Crippen LogP contribution in [0.2, 0.25) is 0 Å². The molecule has 0 radical (unpaired) electrons. The summed E-state index contributed by atoms with van der Waals surface area (Å²) in [6.45, 7) is 3.89. The van der Waals surface area contributed by atoms with Gasteiger partial charge in [-0.15, -0.1) is 0 Å². The number of nitrogens with two attached hydrogens (primary N) is 1. The normalized spacial score (nSPS) is 15.7. The van der Waals surface area contributed by atoms with E-state index in [1.54, 1.807) is 6.07 Å². The predicted molar refractivity (Wildman–Crippen MR) is 80.1 cm³/mol. The molecule has 1 aromatic rings. The molecular formula is C14H22N2O4S. The molecule has 7 heteroatoms. The van der Waals surface area contributed by atoms with Crippen molar-refractivity contribution in [3.63, 3.8) is 0 Å². The van der Waals surface area contributed by atoms with Gasteiger partial charge < -0.3 is 15.2 Å². The monoisotopic (exact) mass is 314 g/mol. The van der Waals surface area contributed by atoms with Gasteiger partial charge in [-0.25, -0.2) is 13.1 Å². The maximum Gasteiger partial charge on any atom is 0.240 e. The van der Waals surface area contributed by atoms with E-state index in [-0.39, 0.29) is 10.8 Å². The van der Waals surface area contributed by atoms with Crippen molar-refractivity contribution in [1.29, 1.82) is 0 Å². The molecule has 0 fully saturated rings. The Labute approximate surface area is 125 Å². The van der Waals surface area contributed by atoms with Crippen molar-refractivity contribution in [3.8, 4) is 11.5 Å². The smallest absolute Gasteiger partial charge is 0.240 e. The zero-order valence-electron chi connectivity index (χ0n) is 12.2. The van der Waals surface area contributed by atoms with E-state index in [0.29, 0.717) is 37.8 Å². The van der Waals surface area contributed by atoms with Gasteiger partial charge in [-0.3, -0.25) is 0 Å². The fourth-order valence-corrected chi connectivity index (χ4v) is 3.32. The molecule has 1 atom stereocenters. The molecule has 0 saturated heterocycles. The summed E-state index contributed by atoms with van der Waals surface area (Å²) < 4.78 is 38.0. The number of benzene rings is 1. The summed E-state index contributed by atoms with van der Waals surface area (Å²) in [4.78, 5) is 0.189. The van der Waals surface area contributed by atoms with Crippen LogP contribution in [0.4, 0.5) is 0 Å². The highest BCUT2D eigenvalue weighted by Gasteiger charge is 2.20. The van der Waals surface area contributed by atoms with Gasteiger partial charge in [-0.05, 0) is 31.0 Å². The number of nitrogens with one attached hydrogen (secondary N) is 1. The second-order valence-corrected chi connectivity index (χ2v) is 6.78. The fraction of sp³-hybridized carbons (Fsp3) is 0.571. The van der Waals surface area contributed by atoms with Crippen LogP contribution in [0, 0.1) is 5.92 Å². The molecule has 0 saturated carbocycles. The molecule has 0 aliphatic carbocycles. The van der Waals surface area contributed by atoms with E-state index >= 15 is 0 Å². The molecule has 1 aliphatic rings. The van der Waals surface area contributed by atoms with E-state index in [2.05, 4.69) is 4.72 Å². The van der Waals surface area contributed by atoms with Crippen LogP contribution >= 0.6 is 0 Å². The molecule has 1 aliphatic heterocycles. The molecule has 118 valence electrons. The van der Waals surface area contributed by atoms with Gasteiger partial charge in [0.05, 0.1) is 4.90 Å². The molecule has 21 heavy (non-hydrogen) atoms. The van der Waals surface area contributed by atoms with E-state index in [4.69, 9.17) is 15.2 Å². The molecule has 0 bridgehead atoms. The van der Waals surface area contributed by atoms with Gasteiger partial charge in [-0.1, -0.05) is 13.3 Å². The highest BCUT2D eigenvalue weighted by molar-refractivity contribution is 7.89. The van der Waals surface area contributed by atoms with Gasteiger partial charge in [-0.2, -0.15) is 0 Å². The maximum atomic E-state index is 12.3. The number of sulfonamides is 1. The molecule has 0 spiro atoms. The number of ether oxygens (including phenoxy) is 2. The third-order valence-corrected chi connectivity index (χ3v) is 4.96. The number of hydrogen-bond acceptors (Lipinski definition) is 5. The third kappa shape index (κ3) is 4.09. The van der Waals surface area contributed by atoms with Crippen LogP contribution in [0.5, 0.6) is 11.5 Å². The van der Waals surface area contributed by atoms with Crippen molar-refractivity contribution >= 4 is 10.0 Å². The molecule has 1 heterocycles. The van der Waals surface area contributed by atoms with Crippen LogP contribution < -0.4 is 19.9 Å². The molecular weight excluding hydrogens is 292 g/mol. The van der Waals surface area contributed by atoms with Gasteiger partial charge in [0.2, 0.25) is 10.0 Å². The lowest BCUT2D eigenvalue weighted by Gasteiger charge is -2.19. The molecule has 3 N–H and O–H groups in total. The lowest BCUT2D eigenvalue weighted by Crippen LogP contribution is -2.30. The Morgan fingerprint density at radius 3 is 2.67 bits per heavy atom. The molecule has 1 unspecified atom stereocenters. The highest BCUT2D eigenvalue weighted by Crippen LogP contribution is 2.32. The van der Waals surface area contributed by atoms with Crippen LogP contribution in [-0.2, 0) is 10.0 Å². The number of rotatable bonds is 7. The average Bonchev–Trinajstić information content (AvgIpc) is 2.51. The first kappa shape index (κ1) is 16.1. The Morgan fingerprint density at radius 2 is 2.00 bits per heavy atom. The first-order valence-corrected chi connectivity index (χ1v) is 8.64. The second kappa shape index (κ2) is 7.11. The Hall–Kier alpha value is -1.31. The SMILES string of the molecule is CCC(CCN)CNS(=O)(=O)c1ccc2c(c1)OCCO2. The van der Waals surface area contributed by atoms with Crippen LogP contribution in [0.3, 0.4) is 0 Å². The summed E-state index contributed by atoms with van der Waals surface area (Å²) in [6.07, 6.45) is 1.70. The van der Waals surface area contributed by atoms with Crippen molar-refractivity contribution < 1.29 is 17.9 Å². The Morgan fingerprint density at radius 1 is 1.29 bits per heavy atom. The number of hydrogen-bond donors (Lipinski definition) is 2. The van der Waals surface area contributed by atoms with Gasteiger partial charge in [0.1, 0.15) is 13.2 Å². The summed E-state index contributed by atoms with van der Waals surface area (Å²) in [6, 6.07) is 4.65. The fourth-order valence-electron chi connectivity index (χ4n) is 2.19. The van der Waals surface area contributed by atoms with Crippen molar-refractivity contribution in [3.05, 3.63) is 18.2 Å². The third-order valence-electron chi connectivity index (χ3n) is 3.54. The van der Waals surface area contributed by atoms with Crippen LogP contribution in [0.15, 0.2) is 23.1 Å². The van der Waals surface area contributed by atoms with Crippen molar-refractivity contribution in [2.24, 2.45) is 11.7 Å². The summed E-state index contributed by atoms with van der Waals surface area (Å²) in [5.74, 6) is 1.30.